The van der Waals surface area contributed by atoms with Gasteiger partial charge in [0, 0.05) is 12.8 Å². The Morgan fingerprint density at radius 2 is 0.529 bits per heavy atom. The molecule has 0 aliphatic rings. The van der Waals surface area contributed by atoms with Crippen LogP contribution in [0.5, 0.6) is 0 Å². The monoisotopic (exact) mass is 987 g/mol. The third-order valence-electron chi connectivity index (χ3n) is 15.1. The van der Waals surface area contributed by atoms with Crippen molar-refractivity contribution in [2.24, 2.45) is 0 Å². The molecule has 0 rings (SSSR count). The standard InChI is InChI=1S/C65H126O5/c1-3-5-7-9-11-13-15-17-19-21-23-25-27-29-30-31-32-33-34-36-37-39-41-43-45-47-49-51-53-55-57-59-64(67)69-62-63(61-66)70-65(68)60-58-56-54-52-50-48-46-44-42-40-38-35-28-26-24-22-20-18-16-14-12-10-8-6-4-2/h22,24,63,66H,3-21,23,25-62H2,1-2H3/b24-22-. The minimum atomic E-state index is -0.767. The van der Waals surface area contributed by atoms with E-state index in [1.54, 1.807) is 0 Å². The van der Waals surface area contributed by atoms with Gasteiger partial charge in [0.05, 0.1) is 6.61 Å². The molecule has 0 bridgehead atoms. The lowest BCUT2D eigenvalue weighted by molar-refractivity contribution is -0.161. The number of rotatable bonds is 61. The zero-order valence-corrected chi connectivity index (χ0v) is 47.8. The van der Waals surface area contributed by atoms with E-state index in [0.717, 1.165) is 32.1 Å². The van der Waals surface area contributed by atoms with Gasteiger partial charge in [-0.25, -0.2) is 0 Å². The van der Waals surface area contributed by atoms with Crippen LogP contribution < -0.4 is 0 Å². The molecule has 416 valence electrons. The molecular weight excluding hydrogens is 861 g/mol. The number of ether oxygens (including phenoxy) is 2. The largest absolute Gasteiger partial charge is 0.462 e. The highest BCUT2D eigenvalue weighted by atomic mass is 16.6. The van der Waals surface area contributed by atoms with Crippen LogP contribution >= 0.6 is 0 Å². The average molecular weight is 988 g/mol. The molecule has 0 amide bonds. The molecule has 0 fully saturated rings. The molecule has 0 aliphatic carbocycles. The first-order valence-corrected chi connectivity index (χ1v) is 32.2. The number of unbranched alkanes of at least 4 members (excludes halogenated alkanes) is 51. The van der Waals surface area contributed by atoms with Crippen LogP contribution in [0.2, 0.25) is 0 Å². The number of aliphatic hydroxyl groups excluding tert-OH is 1. The van der Waals surface area contributed by atoms with Crippen LogP contribution in [0.4, 0.5) is 0 Å². The summed E-state index contributed by atoms with van der Waals surface area (Å²) in [7, 11) is 0. The molecule has 5 nitrogen and oxygen atoms in total. The quantitative estimate of drug-likeness (QED) is 0.0373. The molecule has 0 aromatic carbocycles. The van der Waals surface area contributed by atoms with Crippen LogP contribution in [0.15, 0.2) is 12.2 Å². The van der Waals surface area contributed by atoms with Gasteiger partial charge in [-0.1, -0.05) is 334 Å². The Morgan fingerprint density at radius 1 is 0.314 bits per heavy atom. The summed E-state index contributed by atoms with van der Waals surface area (Å²) < 4.78 is 10.7. The zero-order valence-electron chi connectivity index (χ0n) is 47.8. The highest BCUT2D eigenvalue weighted by molar-refractivity contribution is 5.70. The van der Waals surface area contributed by atoms with Gasteiger partial charge >= 0.3 is 11.9 Å². The average Bonchev–Trinajstić information content (AvgIpc) is 3.36. The molecule has 0 heterocycles. The van der Waals surface area contributed by atoms with Crippen molar-refractivity contribution in [1.82, 2.24) is 0 Å². The maximum Gasteiger partial charge on any atom is 0.306 e. The Labute approximate surface area is 439 Å². The van der Waals surface area contributed by atoms with Gasteiger partial charge < -0.3 is 14.6 Å². The summed E-state index contributed by atoms with van der Waals surface area (Å²) in [6.45, 7) is 4.21. The predicted octanol–water partition coefficient (Wildman–Crippen LogP) is 21.9. The first-order chi connectivity index (χ1) is 34.6. The van der Waals surface area contributed by atoms with Gasteiger partial charge in [-0.05, 0) is 38.5 Å². The molecule has 0 aliphatic heterocycles. The topological polar surface area (TPSA) is 72.8 Å². The van der Waals surface area contributed by atoms with Crippen LogP contribution in [0, 0.1) is 0 Å². The van der Waals surface area contributed by atoms with Crippen LogP contribution in [0.3, 0.4) is 0 Å². The van der Waals surface area contributed by atoms with Crippen molar-refractivity contribution in [2.75, 3.05) is 13.2 Å². The fourth-order valence-corrected chi connectivity index (χ4v) is 10.2. The van der Waals surface area contributed by atoms with E-state index in [9.17, 15) is 14.7 Å². The van der Waals surface area contributed by atoms with E-state index < -0.39 is 6.10 Å². The SMILES string of the molecule is CCCCCCCCCC/C=C\CCCCCCCCCCCCCCCC(=O)OC(CO)COC(=O)CCCCCCCCCCCCCCCCCCCCCCCCCCCCCCCCC. The lowest BCUT2D eigenvalue weighted by atomic mass is 10.0. The van der Waals surface area contributed by atoms with Crippen molar-refractivity contribution in [1.29, 1.82) is 0 Å². The van der Waals surface area contributed by atoms with Gasteiger partial charge in [-0.2, -0.15) is 0 Å². The molecule has 0 radical (unpaired) electrons. The van der Waals surface area contributed by atoms with Gasteiger partial charge in [-0.3, -0.25) is 9.59 Å². The lowest BCUT2D eigenvalue weighted by Crippen LogP contribution is -2.28. The van der Waals surface area contributed by atoms with E-state index in [1.807, 2.05) is 0 Å². The second-order valence-electron chi connectivity index (χ2n) is 22.2. The Hall–Kier alpha value is -1.36. The second-order valence-corrected chi connectivity index (χ2v) is 22.2. The van der Waals surface area contributed by atoms with Crippen LogP contribution in [0.25, 0.3) is 0 Å². The Bertz CT molecular complexity index is 1030. The third-order valence-corrected chi connectivity index (χ3v) is 15.1. The summed E-state index contributed by atoms with van der Waals surface area (Å²) in [6, 6.07) is 0. The maximum atomic E-state index is 12.3. The summed E-state index contributed by atoms with van der Waals surface area (Å²) in [5.41, 5.74) is 0. The number of esters is 2. The second kappa shape index (κ2) is 61.9. The summed E-state index contributed by atoms with van der Waals surface area (Å²) in [6.07, 6.45) is 78.0. The van der Waals surface area contributed by atoms with Crippen molar-refractivity contribution in [3.63, 3.8) is 0 Å². The molecule has 1 unspecified atom stereocenters. The number of hydrogen-bond acceptors (Lipinski definition) is 5. The van der Waals surface area contributed by atoms with Gasteiger partial charge in [0.15, 0.2) is 6.10 Å². The van der Waals surface area contributed by atoms with Crippen LogP contribution in [0.1, 0.15) is 373 Å². The Morgan fingerprint density at radius 3 is 0.771 bits per heavy atom. The fourth-order valence-electron chi connectivity index (χ4n) is 10.2. The first kappa shape index (κ1) is 68.6. The molecule has 70 heavy (non-hydrogen) atoms. The summed E-state index contributed by atoms with van der Waals surface area (Å²) in [5.74, 6) is -0.565. The summed E-state index contributed by atoms with van der Waals surface area (Å²) >= 11 is 0. The van der Waals surface area contributed by atoms with E-state index in [1.165, 1.54) is 315 Å². The maximum absolute atomic E-state index is 12.3. The lowest BCUT2D eigenvalue weighted by Gasteiger charge is -2.15. The van der Waals surface area contributed by atoms with Gasteiger partial charge in [-0.15, -0.1) is 0 Å². The normalized spacial score (nSPS) is 12.1. The number of hydrogen-bond donors (Lipinski definition) is 1. The van der Waals surface area contributed by atoms with Crippen molar-refractivity contribution in [2.45, 2.75) is 380 Å². The van der Waals surface area contributed by atoms with E-state index in [2.05, 4.69) is 26.0 Å². The van der Waals surface area contributed by atoms with Crippen molar-refractivity contribution in [3.8, 4) is 0 Å². The Kier molecular flexibility index (Phi) is 60.7. The highest BCUT2D eigenvalue weighted by Crippen LogP contribution is 2.19. The van der Waals surface area contributed by atoms with Crippen molar-refractivity contribution < 1.29 is 24.2 Å². The molecule has 0 saturated carbocycles. The fraction of sp³-hybridized carbons (Fsp3) is 0.938. The van der Waals surface area contributed by atoms with Crippen LogP contribution in [-0.2, 0) is 19.1 Å². The van der Waals surface area contributed by atoms with Gasteiger partial charge in [0.1, 0.15) is 6.61 Å². The Balaban J connectivity index is 3.38. The van der Waals surface area contributed by atoms with E-state index in [-0.39, 0.29) is 25.2 Å². The predicted molar refractivity (Wildman–Crippen MR) is 307 cm³/mol. The molecule has 0 saturated heterocycles. The number of allylic oxidation sites excluding steroid dienone is 2. The molecule has 5 heteroatoms. The highest BCUT2D eigenvalue weighted by Gasteiger charge is 2.16. The van der Waals surface area contributed by atoms with E-state index >= 15 is 0 Å². The number of aliphatic hydroxyl groups is 1. The minimum Gasteiger partial charge on any atom is -0.462 e. The molecule has 1 N–H and O–H groups in total. The molecule has 1 atom stereocenters. The van der Waals surface area contributed by atoms with Crippen LogP contribution in [-0.4, -0.2) is 36.4 Å². The van der Waals surface area contributed by atoms with Crippen molar-refractivity contribution >= 4 is 11.9 Å². The van der Waals surface area contributed by atoms with Crippen molar-refractivity contribution in [3.05, 3.63) is 12.2 Å². The smallest absolute Gasteiger partial charge is 0.306 e. The van der Waals surface area contributed by atoms with Gasteiger partial charge in [0.25, 0.3) is 0 Å². The molecule has 0 spiro atoms. The van der Waals surface area contributed by atoms with Gasteiger partial charge in [0.2, 0.25) is 0 Å². The molecule has 0 aromatic heterocycles. The number of carbonyl (C=O) groups is 2. The molecular formula is C65H126O5. The first-order valence-electron chi connectivity index (χ1n) is 32.2. The summed E-state index contributed by atoms with van der Waals surface area (Å²) in [5, 5.41) is 9.68. The summed E-state index contributed by atoms with van der Waals surface area (Å²) in [4.78, 5) is 24.6. The molecule has 0 aromatic rings. The van der Waals surface area contributed by atoms with E-state index in [0.29, 0.717) is 12.8 Å². The third kappa shape index (κ3) is 59.2. The number of carbonyl (C=O) groups excluding carboxylic acids is 2. The zero-order chi connectivity index (χ0) is 50.6. The minimum absolute atomic E-state index is 0.0578. The van der Waals surface area contributed by atoms with E-state index in [4.69, 9.17) is 9.47 Å².